The lowest BCUT2D eigenvalue weighted by Crippen LogP contribution is -2.61. The van der Waals surface area contributed by atoms with Crippen molar-refractivity contribution in [3.05, 3.63) is 51.5 Å². The van der Waals surface area contributed by atoms with Crippen LogP contribution in [0.3, 0.4) is 0 Å². The first kappa shape index (κ1) is 25.9. The van der Waals surface area contributed by atoms with E-state index in [9.17, 15) is 27.9 Å². The number of carboxylic acid groups (broad SMARTS) is 1. The van der Waals surface area contributed by atoms with E-state index in [1.807, 2.05) is 0 Å². The largest absolute Gasteiger partial charge is 0.465 e. The molecule has 0 unspecified atom stereocenters. The summed E-state index contributed by atoms with van der Waals surface area (Å²) in [5.74, 6) is -1.63. The third-order valence-electron chi connectivity index (χ3n) is 5.44. The fourth-order valence-corrected chi connectivity index (χ4v) is 4.21. The average molecular weight is 545 g/mol. The Morgan fingerprint density at radius 2 is 1.97 bits per heavy atom. The molecule has 1 aliphatic rings. The minimum atomic E-state index is -4.65. The van der Waals surface area contributed by atoms with E-state index in [1.165, 1.54) is 6.20 Å². The van der Waals surface area contributed by atoms with Gasteiger partial charge < -0.3 is 15.6 Å². The molecule has 1 aliphatic heterocycles. The number of alkyl halides is 3. The Morgan fingerprint density at radius 3 is 2.50 bits per heavy atom. The number of hydrogen-bond donors (Lipinski definition) is 2. The number of hydrogen-bond acceptors (Lipinski definition) is 6. The van der Waals surface area contributed by atoms with E-state index in [0.29, 0.717) is 0 Å². The van der Waals surface area contributed by atoms with E-state index in [0.717, 1.165) is 23.1 Å². The van der Waals surface area contributed by atoms with Gasteiger partial charge in [0.15, 0.2) is 5.69 Å². The Bertz CT molecular complexity index is 1140. The number of benzene rings is 1. The van der Waals surface area contributed by atoms with Crippen molar-refractivity contribution < 1.29 is 32.6 Å². The topological polar surface area (TPSA) is 119 Å². The quantitative estimate of drug-likeness (QED) is 0.503. The van der Waals surface area contributed by atoms with Crippen LogP contribution in [0.5, 0.6) is 0 Å². The number of nitrogens with zero attached hydrogens (tertiary/aromatic N) is 3. The van der Waals surface area contributed by atoms with Crippen LogP contribution in [0.15, 0.2) is 28.9 Å². The zero-order chi connectivity index (χ0) is 25.6. The SMILES string of the molecule is CC[C@]1(N)C[C@H](c2ncc(Br)c(C(=O)OC(C)(C)C)n2)c2cc(C(F)(F)F)ccc2N1C(=O)O. The summed E-state index contributed by atoms with van der Waals surface area (Å²) in [6.45, 7) is 6.72. The number of carbonyl (C=O) groups is 2. The fourth-order valence-electron chi connectivity index (χ4n) is 3.85. The molecule has 0 aliphatic carbocycles. The number of ether oxygens (including phenoxy) is 1. The molecule has 12 heteroatoms. The van der Waals surface area contributed by atoms with Crippen LogP contribution in [0.25, 0.3) is 0 Å². The molecule has 184 valence electrons. The first-order valence-electron chi connectivity index (χ1n) is 10.4. The van der Waals surface area contributed by atoms with E-state index in [1.54, 1.807) is 27.7 Å². The molecule has 8 nitrogen and oxygen atoms in total. The number of halogens is 4. The molecule has 2 atom stereocenters. The zero-order valence-corrected chi connectivity index (χ0v) is 20.5. The van der Waals surface area contributed by atoms with Crippen molar-refractivity contribution >= 4 is 33.7 Å². The fraction of sp³-hybridized carbons (Fsp3) is 0.455. The molecular formula is C22H24BrF3N4O4. The zero-order valence-electron chi connectivity index (χ0n) is 18.9. The van der Waals surface area contributed by atoms with Crippen LogP contribution in [-0.2, 0) is 10.9 Å². The van der Waals surface area contributed by atoms with Crippen LogP contribution < -0.4 is 10.6 Å². The van der Waals surface area contributed by atoms with Gasteiger partial charge in [0, 0.05) is 12.1 Å². The molecule has 2 heterocycles. The lowest BCUT2D eigenvalue weighted by Gasteiger charge is -2.46. The van der Waals surface area contributed by atoms with Crippen LogP contribution in [0, 0.1) is 0 Å². The minimum Gasteiger partial charge on any atom is -0.465 e. The maximum Gasteiger partial charge on any atom is 0.416 e. The maximum atomic E-state index is 13.5. The molecule has 3 N–H and O–H groups in total. The smallest absolute Gasteiger partial charge is 0.416 e. The van der Waals surface area contributed by atoms with Crippen molar-refractivity contribution in [1.82, 2.24) is 9.97 Å². The van der Waals surface area contributed by atoms with E-state index in [-0.39, 0.29) is 40.1 Å². The van der Waals surface area contributed by atoms with Crippen molar-refractivity contribution in [2.24, 2.45) is 5.73 Å². The number of esters is 1. The van der Waals surface area contributed by atoms with Crippen molar-refractivity contribution in [3.63, 3.8) is 0 Å². The van der Waals surface area contributed by atoms with E-state index in [2.05, 4.69) is 25.9 Å². The Morgan fingerprint density at radius 1 is 1.32 bits per heavy atom. The van der Waals surface area contributed by atoms with Gasteiger partial charge in [-0.05, 0) is 73.3 Å². The number of aromatic nitrogens is 2. The van der Waals surface area contributed by atoms with Gasteiger partial charge in [-0.1, -0.05) is 6.92 Å². The number of carbonyl (C=O) groups excluding carboxylic acids is 1. The van der Waals surface area contributed by atoms with Gasteiger partial charge in [0.1, 0.15) is 17.1 Å². The summed E-state index contributed by atoms with van der Waals surface area (Å²) in [5, 5.41) is 9.82. The monoisotopic (exact) mass is 544 g/mol. The Hall–Kier alpha value is -2.73. The Balaban J connectivity index is 2.22. The molecule has 2 aromatic rings. The van der Waals surface area contributed by atoms with Gasteiger partial charge in [0.05, 0.1) is 15.7 Å². The maximum absolute atomic E-state index is 13.5. The summed E-state index contributed by atoms with van der Waals surface area (Å²) >= 11 is 3.21. The van der Waals surface area contributed by atoms with Crippen molar-refractivity contribution in [1.29, 1.82) is 0 Å². The molecule has 0 fully saturated rings. The van der Waals surface area contributed by atoms with Crippen molar-refractivity contribution in [3.8, 4) is 0 Å². The molecule has 1 amide bonds. The van der Waals surface area contributed by atoms with E-state index < -0.39 is 41.0 Å². The van der Waals surface area contributed by atoms with Crippen molar-refractivity contribution in [2.45, 2.75) is 63.9 Å². The summed E-state index contributed by atoms with van der Waals surface area (Å²) in [4.78, 5) is 34.2. The number of anilines is 1. The van der Waals surface area contributed by atoms with E-state index in [4.69, 9.17) is 10.5 Å². The van der Waals surface area contributed by atoms with E-state index >= 15 is 0 Å². The number of nitrogens with two attached hydrogens (primary N) is 1. The number of amides is 1. The summed E-state index contributed by atoms with van der Waals surface area (Å²) in [6, 6.07) is 2.77. The third kappa shape index (κ3) is 5.02. The molecule has 1 aromatic carbocycles. The van der Waals surface area contributed by atoms with Gasteiger partial charge in [-0.25, -0.2) is 19.6 Å². The molecule has 0 radical (unpaired) electrons. The Kier molecular flexibility index (Phi) is 6.70. The summed E-state index contributed by atoms with van der Waals surface area (Å²) < 4.78 is 46.1. The van der Waals surface area contributed by atoms with Gasteiger partial charge in [-0.2, -0.15) is 13.2 Å². The number of fused-ring (bicyclic) bond motifs is 1. The molecular weight excluding hydrogens is 521 g/mol. The van der Waals surface area contributed by atoms with Crippen LogP contribution in [0.4, 0.5) is 23.7 Å². The second kappa shape index (κ2) is 8.81. The first-order chi connectivity index (χ1) is 15.6. The molecule has 0 saturated heterocycles. The van der Waals surface area contributed by atoms with Gasteiger partial charge in [-0.3, -0.25) is 4.90 Å². The Labute approximate surface area is 202 Å². The average Bonchev–Trinajstić information content (AvgIpc) is 2.70. The van der Waals surface area contributed by atoms with Crippen LogP contribution in [-0.4, -0.2) is 38.4 Å². The highest BCUT2D eigenvalue weighted by molar-refractivity contribution is 9.10. The predicted molar refractivity (Wildman–Crippen MR) is 121 cm³/mol. The second-order valence-corrected chi connectivity index (χ2v) is 9.88. The summed E-state index contributed by atoms with van der Waals surface area (Å²) in [7, 11) is 0. The van der Waals surface area contributed by atoms with Crippen LogP contribution in [0.2, 0.25) is 0 Å². The van der Waals surface area contributed by atoms with Crippen LogP contribution >= 0.6 is 15.9 Å². The summed E-state index contributed by atoms with van der Waals surface area (Å²) in [6.07, 6.45) is -4.67. The molecule has 3 rings (SSSR count). The minimum absolute atomic E-state index is 0.00596. The standard InChI is InChI=1S/C22H24BrF3N4O4/c1-5-21(27)9-13(17-28-10-14(23)16(29-17)18(31)34-20(2,3)4)12-8-11(22(24,25)26)6-7-15(12)30(21)19(32)33/h6-8,10,13H,5,9,27H2,1-4H3,(H,32,33)/t13-,21+/m0/s1. The second-order valence-electron chi connectivity index (χ2n) is 9.03. The van der Waals surface area contributed by atoms with Gasteiger partial charge in [-0.15, -0.1) is 0 Å². The lowest BCUT2D eigenvalue weighted by molar-refractivity contribution is -0.137. The highest BCUT2D eigenvalue weighted by Gasteiger charge is 2.46. The van der Waals surface area contributed by atoms with Gasteiger partial charge in [0.2, 0.25) is 0 Å². The van der Waals surface area contributed by atoms with Gasteiger partial charge >= 0.3 is 18.2 Å². The normalized spacial score (nSPS) is 20.6. The summed E-state index contributed by atoms with van der Waals surface area (Å²) in [5.41, 5.74) is 3.20. The van der Waals surface area contributed by atoms with Crippen LogP contribution in [0.1, 0.15) is 73.9 Å². The van der Waals surface area contributed by atoms with Gasteiger partial charge in [0.25, 0.3) is 0 Å². The molecule has 1 aromatic heterocycles. The third-order valence-corrected chi connectivity index (χ3v) is 6.02. The molecule has 0 bridgehead atoms. The molecule has 0 spiro atoms. The highest BCUT2D eigenvalue weighted by Crippen LogP contribution is 2.47. The molecule has 34 heavy (non-hydrogen) atoms. The predicted octanol–water partition coefficient (Wildman–Crippen LogP) is 5.30. The molecule has 0 saturated carbocycles. The van der Waals surface area contributed by atoms with Crippen molar-refractivity contribution in [2.75, 3.05) is 4.90 Å². The first-order valence-corrected chi connectivity index (χ1v) is 11.2. The lowest BCUT2D eigenvalue weighted by atomic mass is 9.80. The number of rotatable bonds is 3. The highest BCUT2D eigenvalue weighted by atomic mass is 79.9.